The van der Waals surface area contributed by atoms with Crippen molar-refractivity contribution in [2.75, 3.05) is 12.4 Å². The summed E-state index contributed by atoms with van der Waals surface area (Å²) >= 11 is 0. The number of tetrazole rings is 1. The zero-order chi connectivity index (χ0) is 19.2. The lowest BCUT2D eigenvalue weighted by molar-refractivity contribution is -0.121. The highest BCUT2D eigenvalue weighted by Crippen LogP contribution is 2.33. The minimum Gasteiger partial charge on any atom is -0.494 e. The average molecular weight is 371 g/mol. The van der Waals surface area contributed by atoms with Gasteiger partial charge in [-0.25, -0.2) is 0 Å². The first kappa shape index (κ1) is 19.3. The number of rotatable bonds is 7. The lowest BCUT2D eigenvalue weighted by atomic mass is 9.79. The molecule has 1 saturated carbocycles. The minimum atomic E-state index is 0.100. The number of nitrogens with zero attached hydrogens (tertiary/aromatic N) is 4. The molecular weight excluding hydrogens is 342 g/mol. The topological polar surface area (TPSA) is 81.9 Å². The number of ether oxygens (including phenoxy) is 1. The number of aryl methyl sites for hydroxylation is 1. The van der Waals surface area contributed by atoms with E-state index in [1.807, 2.05) is 25.1 Å². The van der Waals surface area contributed by atoms with Gasteiger partial charge in [0.2, 0.25) is 5.91 Å². The maximum absolute atomic E-state index is 12.7. The summed E-state index contributed by atoms with van der Waals surface area (Å²) in [6, 6.07) is 5.54. The van der Waals surface area contributed by atoms with E-state index in [0.29, 0.717) is 17.3 Å². The van der Waals surface area contributed by atoms with Crippen LogP contribution >= 0.6 is 0 Å². The second-order valence-electron chi connectivity index (χ2n) is 7.37. The van der Waals surface area contributed by atoms with E-state index in [1.54, 1.807) is 11.8 Å². The third-order valence-corrected chi connectivity index (χ3v) is 5.48. The molecule has 0 aliphatic heterocycles. The van der Waals surface area contributed by atoms with Crippen LogP contribution in [0.15, 0.2) is 18.2 Å². The molecule has 3 rings (SSSR count). The number of hydrogen-bond acceptors (Lipinski definition) is 5. The first-order chi connectivity index (χ1) is 13.1. The van der Waals surface area contributed by atoms with Crippen LogP contribution in [0.1, 0.15) is 57.7 Å². The van der Waals surface area contributed by atoms with Gasteiger partial charge in [-0.1, -0.05) is 26.2 Å². The van der Waals surface area contributed by atoms with E-state index in [1.165, 1.54) is 19.3 Å². The van der Waals surface area contributed by atoms with Crippen molar-refractivity contribution in [2.24, 2.45) is 11.8 Å². The molecule has 1 aromatic carbocycles. The molecule has 1 N–H and O–H groups in total. The van der Waals surface area contributed by atoms with Gasteiger partial charge in [-0.15, -0.1) is 5.10 Å². The molecule has 146 valence electrons. The van der Waals surface area contributed by atoms with Gasteiger partial charge in [0.25, 0.3) is 0 Å². The molecule has 7 heteroatoms. The van der Waals surface area contributed by atoms with E-state index in [-0.39, 0.29) is 11.8 Å². The summed E-state index contributed by atoms with van der Waals surface area (Å²) in [5.41, 5.74) is 1.44. The number of nitrogens with one attached hydrogen (secondary N) is 1. The van der Waals surface area contributed by atoms with Crippen molar-refractivity contribution < 1.29 is 9.53 Å². The van der Waals surface area contributed by atoms with Crippen molar-refractivity contribution >= 4 is 11.6 Å². The Hall–Kier alpha value is -2.44. The van der Waals surface area contributed by atoms with Crippen LogP contribution in [-0.4, -0.2) is 33.2 Å². The third-order valence-electron chi connectivity index (χ3n) is 5.48. The lowest BCUT2D eigenvalue weighted by Crippen LogP contribution is -2.27. The predicted molar refractivity (Wildman–Crippen MR) is 104 cm³/mol. The van der Waals surface area contributed by atoms with Crippen molar-refractivity contribution in [3.63, 3.8) is 0 Å². The SMILES string of the molecule is CCCCC1CCC(C(=O)Nc2ccc(OC)c(-n3nnnc3C)c2)CC1. The number of carbonyl (C=O) groups excluding carboxylic acids is 1. The number of aromatic nitrogens is 4. The van der Waals surface area contributed by atoms with Crippen LogP contribution in [0.25, 0.3) is 5.69 Å². The van der Waals surface area contributed by atoms with Crippen molar-refractivity contribution in [1.29, 1.82) is 0 Å². The van der Waals surface area contributed by atoms with Crippen molar-refractivity contribution in [2.45, 2.75) is 58.8 Å². The number of unbranched alkanes of at least 4 members (excludes halogenated alkanes) is 1. The Morgan fingerprint density at radius 2 is 2.07 bits per heavy atom. The predicted octanol–water partition coefficient (Wildman–Crippen LogP) is 3.91. The van der Waals surface area contributed by atoms with Crippen LogP contribution in [0.5, 0.6) is 5.75 Å². The molecule has 27 heavy (non-hydrogen) atoms. The van der Waals surface area contributed by atoms with Crippen molar-refractivity contribution in [1.82, 2.24) is 20.2 Å². The fraction of sp³-hybridized carbons (Fsp3) is 0.600. The highest BCUT2D eigenvalue weighted by molar-refractivity contribution is 5.93. The normalized spacial score (nSPS) is 19.7. The van der Waals surface area contributed by atoms with Crippen LogP contribution in [-0.2, 0) is 4.79 Å². The number of amides is 1. The lowest BCUT2D eigenvalue weighted by Gasteiger charge is -2.27. The molecule has 0 bridgehead atoms. The maximum Gasteiger partial charge on any atom is 0.227 e. The summed E-state index contributed by atoms with van der Waals surface area (Å²) in [4.78, 5) is 12.7. The van der Waals surface area contributed by atoms with Crippen LogP contribution < -0.4 is 10.1 Å². The highest BCUT2D eigenvalue weighted by Gasteiger charge is 2.26. The van der Waals surface area contributed by atoms with Gasteiger partial charge in [0.1, 0.15) is 11.4 Å². The van der Waals surface area contributed by atoms with Gasteiger partial charge in [0.15, 0.2) is 5.82 Å². The van der Waals surface area contributed by atoms with Crippen molar-refractivity contribution in [3.05, 3.63) is 24.0 Å². The van der Waals surface area contributed by atoms with Crippen molar-refractivity contribution in [3.8, 4) is 11.4 Å². The summed E-state index contributed by atoms with van der Waals surface area (Å²) in [7, 11) is 1.60. The van der Waals surface area contributed by atoms with Crippen LogP contribution in [0.2, 0.25) is 0 Å². The highest BCUT2D eigenvalue weighted by atomic mass is 16.5. The van der Waals surface area contributed by atoms with E-state index in [9.17, 15) is 4.79 Å². The molecule has 0 radical (unpaired) electrons. The molecule has 1 aliphatic rings. The molecule has 1 aromatic heterocycles. The molecule has 0 atom stereocenters. The Bertz CT molecular complexity index is 765. The number of benzene rings is 1. The summed E-state index contributed by atoms with van der Waals surface area (Å²) in [5.74, 6) is 2.31. The van der Waals surface area contributed by atoms with Crippen LogP contribution in [0.3, 0.4) is 0 Å². The van der Waals surface area contributed by atoms with Gasteiger partial charge in [-0.2, -0.15) is 4.68 Å². The molecule has 1 amide bonds. The molecule has 1 heterocycles. The van der Waals surface area contributed by atoms with Crippen LogP contribution in [0.4, 0.5) is 5.69 Å². The summed E-state index contributed by atoms with van der Waals surface area (Å²) in [6.45, 7) is 4.06. The quantitative estimate of drug-likeness (QED) is 0.798. The fourth-order valence-corrected chi connectivity index (χ4v) is 3.84. The summed E-state index contributed by atoms with van der Waals surface area (Å²) < 4.78 is 7.02. The van der Waals surface area contributed by atoms with E-state index in [2.05, 4.69) is 27.8 Å². The Balaban J connectivity index is 1.66. The second-order valence-corrected chi connectivity index (χ2v) is 7.37. The Labute approximate surface area is 160 Å². The van der Waals surface area contributed by atoms with Gasteiger partial charge in [-0.3, -0.25) is 4.79 Å². The molecule has 0 saturated heterocycles. The van der Waals surface area contributed by atoms with E-state index in [0.717, 1.165) is 37.3 Å². The number of carbonyl (C=O) groups is 1. The number of hydrogen-bond donors (Lipinski definition) is 1. The van der Waals surface area contributed by atoms with Gasteiger partial charge in [-0.05, 0) is 67.2 Å². The van der Waals surface area contributed by atoms with Gasteiger partial charge in [0, 0.05) is 11.6 Å². The molecule has 0 unspecified atom stereocenters. The summed E-state index contributed by atoms with van der Waals surface area (Å²) in [5, 5.41) is 14.7. The van der Waals surface area contributed by atoms with Crippen LogP contribution in [0, 0.1) is 18.8 Å². The number of methoxy groups -OCH3 is 1. The first-order valence-corrected chi connectivity index (χ1v) is 9.86. The molecule has 0 spiro atoms. The largest absolute Gasteiger partial charge is 0.494 e. The molecular formula is C20H29N5O2. The Morgan fingerprint density at radius 3 is 2.70 bits per heavy atom. The van der Waals surface area contributed by atoms with E-state index in [4.69, 9.17) is 4.74 Å². The third kappa shape index (κ3) is 4.64. The standard InChI is InChI=1S/C20H29N5O2/c1-4-5-6-15-7-9-16(10-8-15)20(26)21-17-11-12-19(27-3)18(13-17)25-14(2)22-23-24-25/h11-13,15-16H,4-10H2,1-3H3,(H,21,26). The summed E-state index contributed by atoms with van der Waals surface area (Å²) in [6.07, 6.45) is 8.14. The number of anilines is 1. The molecule has 2 aromatic rings. The van der Waals surface area contributed by atoms with E-state index < -0.39 is 0 Å². The fourth-order valence-electron chi connectivity index (χ4n) is 3.84. The first-order valence-electron chi connectivity index (χ1n) is 9.86. The smallest absolute Gasteiger partial charge is 0.227 e. The van der Waals surface area contributed by atoms with Gasteiger partial charge >= 0.3 is 0 Å². The van der Waals surface area contributed by atoms with Gasteiger partial charge < -0.3 is 10.1 Å². The molecule has 7 nitrogen and oxygen atoms in total. The maximum atomic E-state index is 12.7. The minimum absolute atomic E-state index is 0.100. The Morgan fingerprint density at radius 1 is 1.30 bits per heavy atom. The monoisotopic (exact) mass is 371 g/mol. The molecule has 1 fully saturated rings. The molecule has 1 aliphatic carbocycles. The zero-order valence-electron chi connectivity index (χ0n) is 16.4. The average Bonchev–Trinajstić information content (AvgIpc) is 3.12. The zero-order valence-corrected chi connectivity index (χ0v) is 16.4. The van der Waals surface area contributed by atoms with E-state index >= 15 is 0 Å². The second kappa shape index (κ2) is 8.97. The van der Waals surface area contributed by atoms with Gasteiger partial charge in [0.05, 0.1) is 7.11 Å². The Kier molecular flexibility index (Phi) is 6.42.